The summed E-state index contributed by atoms with van der Waals surface area (Å²) in [4.78, 5) is 0. The first kappa shape index (κ1) is 13.1. The maximum absolute atomic E-state index is 11.3. The third-order valence-corrected chi connectivity index (χ3v) is 2.90. The van der Waals surface area contributed by atoms with E-state index in [0.29, 0.717) is 0 Å². The molecular weight excluding hydrogens is 212 g/mol. The standard InChI is InChI=1S/2C4H9O.Cr.2O/c2*1-4(2,3)5;;;/h2*1-3H3;;;/q2*-1;+2;;. The van der Waals surface area contributed by atoms with Gasteiger partial charge in [-0.05, 0) is 0 Å². The molecule has 0 bridgehead atoms. The molecule has 0 amide bonds. The van der Waals surface area contributed by atoms with Crippen molar-refractivity contribution in [3.05, 3.63) is 0 Å². The van der Waals surface area contributed by atoms with Gasteiger partial charge in [-0.1, -0.05) is 0 Å². The average Bonchev–Trinajstić information content (AvgIpc) is 1.43. The molecule has 0 aromatic rings. The van der Waals surface area contributed by atoms with Gasteiger partial charge in [0.15, 0.2) is 0 Å². The Morgan fingerprint density at radius 3 is 1.15 bits per heavy atom. The molecule has 0 unspecified atom stereocenters. The zero-order valence-corrected chi connectivity index (χ0v) is 10.3. The fraction of sp³-hybridized carbons (Fsp3) is 1.00. The van der Waals surface area contributed by atoms with Crippen molar-refractivity contribution >= 4 is 0 Å². The molecule has 5 heteroatoms. The summed E-state index contributed by atoms with van der Waals surface area (Å²) < 4.78 is 32.2. The van der Waals surface area contributed by atoms with Gasteiger partial charge in [0, 0.05) is 0 Å². The molecule has 0 aliphatic carbocycles. The SMILES string of the molecule is CC(C)(C)[O][Cr](=[O])(=[O])[O]C(C)(C)C. The Labute approximate surface area is 82.0 Å². The van der Waals surface area contributed by atoms with Crippen LogP contribution in [0.1, 0.15) is 41.5 Å². The fourth-order valence-corrected chi connectivity index (χ4v) is 2.60. The van der Waals surface area contributed by atoms with Crippen LogP contribution in [0.4, 0.5) is 0 Å². The molecule has 13 heavy (non-hydrogen) atoms. The molecular formula is C8H18CrO4. The normalized spacial score (nSPS) is 14.6. The van der Waals surface area contributed by atoms with Crippen LogP contribution in [0.25, 0.3) is 0 Å². The summed E-state index contributed by atoms with van der Waals surface area (Å²) in [5.41, 5.74) is -1.45. The van der Waals surface area contributed by atoms with Gasteiger partial charge in [-0.15, -0.1) is 0 Å². The van der Waals surface area contributed by atoms with Gasteiger partial charge < -0.3 is 0 Å². The molecule has 0 aromatic heterocycles. The molecule has 0 radical (unpaired) electrons. The van der Waals surface area contributed by atoms with Crippen molar-refractivity contribution in [1.29, 1.82) is 0 Å². The zero-order chi connectivity index (χ0) is 10.9. The van der Waals surface area contributed by atoms with Gasteiger partial charge >= 0.3 is 81.5 Å². The molecule has 0 heterocycles. The van der Waals surface area contributed by atoms with Crippen LogP contribution in [0.5, 0.6) is 0 Å². The Kier molecular flexibility index (Phi) is 3.68. The summed E-state index contributed by atoms with van der Waals surface area (Å²) in [6.45, 7) is 10.0. The minimum absolute atomic E-state index is 0.727. The summed E-state index contributed by atoms with van der Waals surface area (Å²) >= 11 is -4.65. The molecule has 0 saturated carbocycles. The number of hydrogen-bond acceptors (Lipinski definition) is 4. The van der Waals surface area contributed by atoms with Crippen molar-refractivity contribution < 1.29 is 28.8 Å². The van der Waals surface area contributed by atoms with E-state index in [4.69, 9.17) is 7.58 Å². The Balaban J connectivity index is 4.46. The third-order valence-electron chi connectivity index (χ3n) is 0.704. The van der Waals surface area contributed by atoms with Gasteiger partial charge in [0.2, 0.25) is 0 Å². The first-order valence-electron chi connectivity index (χ1n) is 4.07. The molecule has 4 nitrogen and oxygen atoms in total. The van der Waals surface area contributed by atoms with E-state index in [9.17, 15) is 7.61 Å². The van der Waals surface area contributed by atoms with Crippen molar-refractivity contribution in [2.45, 2.75) is 52.7 Å². The third kappa shape index (κ3) is 8.38. The second kappa shape index (κ2) is 3.66. The van der Waals surface area contributed by atoms with E-state index in [1.54, 1.807) is 41.5 Å². The molecule has 0 atom stereocenters. The maximum atomic E-state index is 11.3. The van der Waals surface area contributed by atoms with Crippen molar-refractivity contribution in [1.82, 2.24) is 0 Å². The summed E-state index contributed by atoms with van der Waals surface area (Å²) in [5.74, 6) is 0. The molecule has 0 saturated heterocycles. The van der Waals surface area contributed by atoms with Gasteiger partial charge in [0.25, 0.3) is 0 Å². The summed E-state index contributed by atoms with van der Waals surface area (Å²) in [7, 11) is 0. The van der Waals surface area contributed by atoms with Gasteiger partial charge in [-0.3, -0.25) is 0 Å². The van der Waals surface area contributed by atoms with E-state index in [1.807, 2.05) is 0 Å². The second-order valence-corrected chi connectivity index (χ2v) is 6.60. The van der Waals surface area contributed by atoms with Gasteiger partial charge in [-0.25, -0.2) is 0 Å². The topological polar surface area (TPSA) is 52.6 Å². The van der Waals surface area contributed by atoms with E-state index >= 15 is 0 Å². The van der Waals surface area contributed by atoms with Crippen LogP contribution in [0.3, 0.4) is 0 Å². The zero-order valence-electron chi connectivity index (χ0n) is 9.04. The van der Waals surface area contributed by atoms with Crippen molar-refractivity contribution in [2.24, 2.45) is 0 Å². The van der Waals surface area contributed by atoms with Crippen molar-refractivity contribution in [2.75, 3.05) is 0 Å². The molecule has 0 spiro atoms. The Morgan fingerprint density at radius 2 is 1.00 bits per heavy atom. The molecule has 0 aliphatic heterocycles. The van der Waals surface area contributed by atoms with E-state index in [1.165, 1.54) is 0 Å². The fourth-order valence-electron chi connectivity index (χ4n) is 0.629. The first-order chi connectivity index (χ1) is 5.41. The predicted octanol–water partition coefficient (Wildman–Crippen LogP) is 2.29. The summed E-state index contributed by atoms with van der Waals surface area (Å²) in [6, 6.07) is 0. The quantitative estimate of drug-likeness (QED) is 0.730. The van der Waals surface area contributed by atoms with Crippen LogP contribution < -0.4 is 0 Å². The van der Waals surface area contributed by atoms with E-state index < -0.39 is 24.8 Å². The van der Waals surface area contributed by atoms with Crippen LogP contribution in [0, 0.1) is 0 Å². The average molecular weight is 230 g/mol. The molecule has 0 N–H and O–H groups in total. The molecule has 0 rings (SSSR count). The van der Waals surface area contributed by atoms with Crippen molar-refractivity contribution in [3.63, 3.8) is 0 Å². The monoisotopic (exact) mass is 230 g/mol. The van der Waals surface area contributed by atoms with Crippen LogP contribution >= 0.6 is 0 Å². The Bertz CT molecular complexity index is 231. The molecule has 0 aliphatic rings. The molecule has 80 valence electrons. The predicted molar refractivity (Wildman–Crippen MR) is 43.0 cm³/mol. The van der Waals surface area contributed by atoms with Crippen LogP contribution in [0.15, 0.2) is 0 Å². The van der Waals surface area contributed by atoms with Gasteiger partial charge in [0.1, 0.15) is 0 Å². The molecule has 0 fully saturated rings. The van der Waals surface area contributed by atoms with E-state index in [-0.39, 0.29) is 0 Å². The van der Waals surface area contributed by atoms with E-state index in [0.717, 1.165) is 0 Å². The number of rotatable bonds is 2. The van der Waals surface area contributed by atoms with Crippen LogP contribution in [0.2, 0.25) is 0 Å². The summed E-state index contributed by atoms with van der Waals surface area (Å²) in [5, 5.41) is 0. The van der Waals surface area contributed by atoms with Crippen LogP contribution in [-0.4, -0.2) is 11.2 Å². The second-order valence-electron chi connectivity index (χ2n) is 4.80. The summed E-state index contributed by atoms with van der Waals surface area (Å²) in [6.07, 6.45) is 0. The first-order valence-corrected chi connectivity index (χ1v) is 6.16. The number of hydrogen-bond donors (Lipinski definition) is 0. The van der Waals surface area contributed by atoms with E-state index in [2.05, 4.69) is 0 Å². The van der Waals surface area contributed by atoms with Gasteiger partial charge in [-0.2, -0.15) is 0 Å². The van der Waals surface area contributed by atoms with Crippen molar-refractivity contribution in [3.8, 4) is 0 Å². The van der Waals surface area contributed by atoms with Crippen LogP contribution in [-0.2, 0) is 28.8 Å². The molecule has 0 aromatic carbocycles. The van der Waals surface area contributed by atoms with Gasteiger partial charge in [0.05, 0.1) is 0 Å². The minimum atomic E-state index is -4.65. The Hall–Kier alpha value is 0.0525. The Morgan fingerprint density at radius 1 is 0.769 bits per heavy atom.